The van der Waals surface area contributed by atoms with Crippen LogP contribution in [-0.4, -0.2) is 0 Å². The first-order valence-corrected chi connectivity index (χ1v) is 5.42. The van der Waals surface area contributed by atoms with E-state index in [1.165, 1.54) is 16.0 Å². The SMILES string of the molecule is C=C(C)Sc1cc(C(=C)C)ccc1C. The number of aryl methyl sites for hydroxylation is 1. The van der Waals surface area contributed by atoms with Crippen molar-refractivity contribution in [3.63, 3.8) is 0 Å². The summed E-state index contributed by atoms with van der Waals surface area (Å²) in [5.41, 5.74) is 3.61. The lowest BCUT2D eigenvalue weighted by atomic mass is 10.1. The first-order valence-electron chi connectivity index (χ1n) is 4.60. The van der Waals surface area contributed by atoms with Gasteiger partial charge in [-0.1, -0.05) is 42.6 Å². The standard InChI is InChI=1S/C13H16S/c1-9(2)12-7-6-11(5)13(8-12)14-10(3)4/h6-8H,1,3H2,2,4-5H3. The Labute approximate surface area is 90.7 Å². The zero-order chi connectivity index (χ0) is 10.7. The molecule has 74 valence electrons. The van der Waals surface area contributed by atoms with Gasteiger partial charge in [-0.15, -0.1) is 0 Å². The Bertz CT molecular complexity index is 375. The van der Waals surface area contributed by atoms with E-state index in [0.717, 1.165) is 10.5 Å². The fraction of sp³-hybridized carbons (Fsp3) is 0.231. The van der Waals surface area contributed by atoms with E-state index in [-0.39, 0.29) is 0 Å². The van der Waals surface area contributed by atoms with E-state index >= 15 is 0 Å². The Morgan fingerprint density at radius 3 is 2.36 bits per heavy atom. The summed E-state index contributed by atoms with van der Waals surface area (Å²) >= 11 is 1.72. The van der Waals surface area contributed by atoms with Gasteiger partial charge >= 0.3 is 0 Å². The molecule has 14 heavy (non-hydrogen) atoms. The highest BCUT2D eigenvalue weighted by Crippen LogP contribution is 2.30. The van der Waals surface area contributed by atoms with Crippen LogP contribution in [0.2, 0.25) is 0 Å². The molecule has 1 aromatic carbocycles. The van der Waals surface area contributed by atoms with Gasteiger partial charge in [0, 0.05) is 4.90 Å². The first-order chi connectivity index (χ1) is 6.50. The number of hydrogen-bond donors (Lipinski definition) is 0. The maximum Gasteiger partial charge on any atom is 0.0154 e. The molecule has 0 aliphatic rings. The van der Waals surface area contributed by atoms with Crippen molar-refractivity contribution in [1.82, 2.24) is 0 Å². The van der Waals surface area contributed by atoms with Gasteiger partial charge in [-0.3, -0.25) is 0 Å². The van der Waals surface area contributed by atoms with Crippen molar-refractivity contribution in [1.29, 1.82) is 0 Å². The highest BCUT2D eigenvalue weighted by Gasteiger charge is 2.01. The third-order valence-electron chi connectivity index (χ3n) is 1.97. The van der Waals surface area contributed by atoms with Gasteiger partial charge in [0.25, 0.3) is 0 Å². The Hall–Kier alpha value is -0.950. The van der Waals surface area contributed by atoms with Crippen LogP contribution < -0.4 is 0 Å². The normalized spacial score (nSPS) is 9.93. The van der Waals surface area contributed by atoms with Crippen LogP contribution in [0.1, 0.15) is 25.0 Å². The van der Waals surface area contributed by atoms with Crippen LogP contribution in [0.4, 0.5) is 0 Å². The van der Waals surface area contributed by atoms with Crippen LogP contribution in [0.15, 0.2) is 41.2 Å². The molecule has 0 atom stereocenters. The molecule has 0 aliphatic heterocycles. The smallest absolute Gasteiger partial charge is 0.0154 e. The van der Waals surface area contributed by atoms with Crippen molar-refractivity contribution >= 4 is 17.3 Å². The van der Waals surface area contributed by atoms with Crippen molar-refractivity contribution in [2.24, 2.45) is 0 Å². The zero-order valence-corrected chi connectivity index (χ0v) is 9.87. The van der Waals surface area contributed by atoms with Gasteiger partial charge in [-0.05, 0) is 42.9 Å². The van der Waals surface area contributed by atoms with Crippen molar-refractivity contribution in [3.8, 4) is 0 Å². The minimum atomic E-state index is 1.11. The molecular weight excluding hydrogens is 188 g/mol. The molecule has 0 nitrogen and oxygen atoms in total. The van der Waals surface area contributed by atoms with Gasteiger partial charge in [-0.25, -0.2) is 0 Å². The maximum absolute atomic E-state index is 3.94. The molecule has 1 heteroatoms. The van der Waals surface area contributed by atoms with Crippen molar-refractivity contribution < 1.29 is 0 Å². The Kier molecular flexibility index (Phi) is 3.59. The molecular formula is C13H16S. The van der Waals surface area contributed by atoms with Crippen molar-refractivity contribution in [2.45, 2.75) is 25.7 Å². The summed E-state index contributed by atoms with van der Waals surface area (Å²) < 4.78 is 0. The summed E-state index contributed by atoms with van der Waals surface area (Å²) in [6.07, 6.45) is 0. The second-order valence-electron chi connectivity index (χ2n) is 3.56. The average Bonchev–Trinajstić information content (AvgIpc) is 2.07. The van der Waals surface area contributed by atoms with Gasteiger partial charge in [0.1, 0.15) is 0 Å². The lowest BCUT2D eigenvalue weighted by Gasteiger charge is -2.07. The van der Waals surface area contributed by atoms with Crippen LogP contribution in [0.5, 0.6) is 0 Å². The number of thioether (sulfide) groups is 1. The molecule has 0 amide bonds. The summed E-state index contributed by atoms with van der Waals surface area (Å²) in [4.78, 5) is 2.39. The van der Waals surface area contributed by atoms with Gasteiger partial charge in [0.05, 0.1) is 0 Å². The molecule has 0 N–H and O–H groups in total. The highest BCUT2D eigenvalue weighted by molar-refractivity contribution is 8.03. The fourth-order valence-electron chi connectivity index (χ4n) is 1.16. The van der Waals surface area contributed by atoms with Gasteiger partial charge < -0.3 is 0 Å². The molecule has 1 rings (SSSR count). The zero-order valence-electron chi connectivity index (χ0n) is 9.05. The molecule has 0 heterocycles. The van der Waals surface area contributed by atoms with Gasteiger partial charge in [0.15, 0.2) is 0 Å². The summed E-state index contributed by atoms with van der Waals surface area (Å²) in [5.74, 6) is 0. The molecule has 0 radical (unpaired) electrons. The minimum absolute atomic E-state index is 1.11. The molecule has 0 fully saturated rings. The van der Waals surface area contributed by atoms with Crippen molar-refractivity contribution in [3.05, 3.63) is 47.4 Å². The van der Waals surface area contributed by atoms with E-state index in [4.69, 9.17) is 0 Å². The second-order valence-corrected chi connectivity index (χ2v) is 4.91. The highest BCUT2D eigenvalue weighted by atomic mass is 32.2. The molecule has 0 aliphatic carbocycles. The number of hydrogen-bond acceptors (Lipinski definition) is 1. The summed E-state index contributed by atoms with van der Waals surface area (Å²) in [6.45, 7) is 14.0. The quantitative estimate of drug-likeness (QED) is 0.646. The molecule has 0 bridgehead atoms. The summed E-state index contributed by atoms with van der Waals surface area (Å²) in [6, 6.07) is 6.42. The van der Waals surface area contributed by atoms with Crippen LogP contribution in [-0.2, 0) is 0 Å². The van der Waals surface area contributed by atoms with Gasteiger partial charge in [0.2, 0.25) is 0 Å². The van der Waals surface area contributed by atoms with Crippen molar-refractivity contribution in [2.75, 3.05) is 0 Å². The largest absolute Gasteiger partial charge is 0.0955 e. The van der Waals surface area contributed by atoms with Crippen LogP contribution in [0.3, 0.4) is 0 Å². The predicted octanol–water partition coefficient (Wildman–Crippen LogP) is 4.65. The van der Waals surface area contributed by atoms with Crippen LogP contribution in [0, 0.1) is 6.92 Å². The summed E-state index contributed by atoms with van der Waals surface area (Å²) in [5, 5.41) is 0. The first kappa shape index (κ1) is 11.1. The molecule has 0 spiro atoms. The second kappa shape index (κ2) is 4.52. The third kappa shape index (κ3) is 2.78. The number of allylic oxidation sites excluding steroid dienone is 2. The fourth-order valence-corrected chi connectivity index (χ4v) is 1.95. The third-order valence-corrected chi connectivity index (χ3v) is 2.97. The van der Waals surface area contributed by atoms with Crippen LogP contribution in [0.25, 0.3) is 5.57 Å². The monoisotopic (exact) mass is 204 g/mol. The lowest BCUT2D eigenvalue weighted by Crippen LogP contribution is -1.83. The van der Waals surface area contributed by atoms with E-state index in [1.54, 1.807) is 11.8 Å². The minimum Gasteiger partial charge on any atom is -0.0955 e. The maximum atomic E-state index is 3.94. The molecule has 0 saturated heterocycles. The summed E-state index contributed by atoms with van der Waals surface area (Å²) in [7, 11) is 0. The molecule has 0 aromatic heterocycles. The van der Waals surface area contributed by atoms with E-state index in [2.05, 4.69) is 38.3 Å². The average molecular weight is 204 g/mol. The van der Waals surface area contributed by atoms with E-state index in [9.17, 15) is 0 Å². The Morgan fingerprint density at radius 1 is 1.21 bits per heavy atom. The molecule has 0 saturated carbocycles. The van der Waals surface area contributed by atoms with E-state index in [0.29, 0.717) is 0 Å². The number of benzene rings is 1. The molecule has 0 unspecified atom stereocenters. The van der Waals surface area contributed by atoms with Crippen LogP contribution >= 0.6 is 11.8 Å². The van der Waals surface area contributed by atoms with E-state index < -0.39 is 0 Å². The Morgan fingerprint density at radius 2 is 1.86 bits per heavy atom. The predicted molar refractivity (Wildman–Crippen MR) is 66.6 cm³/mol. The van der Waals surface area contributed by atoms with Gasteiger partial charge in [-0.2, -0.15) is 0 Å². The van der Waals surface area contributed by atoms with E-state index in [1.807, 2.05) is 13.8 Å². The molecule has 1 aromatic rings. The number of rotatable bonds is 3. The topological polar surface area (TPSA) is 0 Å². The Balaban J connectivity index is 3.08. The lowest BCUT2D eigenvalue weighted by molar-refractivity contribution is 1.29.